The molecule has 0 aliphatic heterocycles. The van der Waals surface area contributed by atoms with Gasteiger partial charge in [-0.05, 0) is 20.8 Å². The lowest BCUT2D eigenvalue weighted by molar-refractivity contribution is 0.229. The number of amides is 2. The third kappa shape index (κ3) is 3.23. The van der Waals surface area contributed by atoms with Crippen LogP contribution < -0.4 is 10.6 Å². The SMILES string of the molecule is CC(CO)NC(=O)Nc1ccnn1C(C)C. The average molecular weight is 226 g/mol. The molecule has 90 valence electrons. The highest BCUT2D eigenvalue weighted by atomic mass is 16.3. The lowest BCUT2D eigenvalue weighted by Gasteiger charge is -2.14. The minimum Gasteiger partial charge on any atom is -0.394 e. The average Bonchev–Trinajstić information content (AvgIpc) is 2.65. The summed E-state index contributed by atoms with van der Waals surface area (Å²) in [6.07, 6.45) is 1.63. The number of carbonyl (C=O) groups is 1. The van der Waals surface area contributed by atoms with E-state index in [1.54, 1.807) is 23.9 Å². The molecule has 0 saturated carbocycles. The lowest BCUT2D eigenvalue weighted by atomic mass is 10.4. The summed E-state index contributed by atoms with van der Waals surface area (Å²) in [6.45, 7) is 5.59. The summed E-state index contributed by atoms with van der Waals surface area (Å²) in [4.78, 5) is 11.5. The van der Waals surface area contributed by atoms with Crippen LogP contribution in [0.5, 0.6) is 0 Å². The Hall–Kier alpha value is -1.56. The zero-order valence-electron chi connectivity index (χ0n) is 9.77. The first-order chi connectivity index (χ1) is 7.54. The summed E-state index contributed by atoms with van der Waals surface area (Å²) in [7, 11) is 0. The third-order valence-corrected chi connectivity index (χ3v) is 2.05. The monoisotopic (exact) mass is 226 g/mol. The zero-order chi connectivity index (χ0) is 12.1. The summed E-state index contributed by atoms with van der Waals surface area (Å²) in [5.41, 5.74) is 0. The van der Waals surface area contributed by atoms with Crippen LogP contribution in [0.25, 0.3) is 0 Å². The van der Waals surface area contributed by atoms with E-state index in [1.165, 1.54) is 0 Å². The molecule has 1 aromatic heterocycles. The number of anilines is 1. The minimum absolute atomic E-state index is 0.0864. The van der Waals surface area contributed by atoms with Crippen LogP contribution in [0, 0.1) is 0 Å². The second kappa shape index (κ2) is 5.50. The summed E-state index contributed by atoms with van der Waals surface area (Å²) >= 11 is 0. The number of hydrogen-bond donors (Lipinski definition) is 3. The number of aliphatic hydroxyl groups is 1. The van der Waals surface area contributed by atoms with Crippen molar-refractivity contribution in [3.05, 3.63) is 12.3 Å². The molecule has 0 aromatic carbocycles. The fraction of sp³-hybridized carbons (Fsp3) is 0.600. The maximum Gasteiger partial charge on any atom is 0.320 e. The van der Waals surface area contributed by atoms with Gasteiger partial charge in [0.05, 0.1) is 18.8 Å². The highest BCUT2D eigenvalue weighted by Gasteiger charge is 2.10. The maximum atomic E-state index is 11.5. The van der Waals surface area contributed by atoms with Gasteiger partial charge in [-0.25, -0.2) is 9.48 Å². The van der Waals surface area contributed by atoms with Crippen molar-refractivity contribution in [1.29, 1.82) is 0 Å². The largest absolute Gasteiger partial charge is 0.394 e. The smallest absolute Gasteiger partial charge is 0.320 e. The molecule has 1 heterocycles. The van der Waals surface area contributed by atoms with Gasteiger partial charge < -0.3 is 10.4 Å². The number of carbonyl (C=O) groups excluding carboxylic acids is 1. The first kappa shape index (κ1) is 12.5. The predicted octanol–water partition coefficient (Wildman–Crippen LogP) is 0.966. The molecule has 0 aliphatic carbocycles. The third-order valence-electron chi connectivity index (χ3n) is 2.05. The summed E-state index contributed by atoms with van der Waals surface area (Å²) < 4.78 is 1.71. The Balaban J connectivity index is 2.59. The molecule has 3 N–H and O–H groups in total. The molecule has 16 heavy (non-hydrogen) atoms. The Labute approximate surface area is 94.6 Å². The molecule has 0 saturated heterocycles. The van der Waals surface area contributed by atoms with Gasteiger partial charge in [-0.1, -0.05) is 0 Å². The normalized spacial score (nSPS) is 12.6. The van der Waals surface area contributed by atoms with Gasteiger partial charge in [-0.2, -0.15) is 5.10 Å². The first-order valence-electron chi connectivity index (χ1n) is 5.26. The number of nitrogens with one attached hydrogen (secondary N) is 2. The molecular weight excluding hydrogens is 208 g/mol. The Morgan fingerprint density at radius 3 is 2.81 bits per heavy atom. The van der Waals surface area contributed by atoms with Crippen LogP contribution in [0.2, 0.25) is 0 Å². The van der Waals surface area contributed by atoms with Gasteiger partial charge in [-0.15, -0.1) is 0 Å². The van der Waals surface area contributed by atoms with Gasteiger partial charge in [0.2, 0.25) is 0 Å². The number of nitrogens with zero attached hydrogens (tertiary/aromatic N) is 2. The van der Waals surface area contributed by atoms with E-state index in [0.717, 1.165) is 0 Å². The summed E-state index contributed by atoms with van der Waals surface area (Å²) in [6, 6.07) is 1.29. The molecule has 1 unspecified atom stereocenters. The van der Waals surface area contributed by atoms with Crippen LogP contribution in [0.15, 0.2) is 12.3 Å². The van der Waals surface area contributed by atoms with Crippen molar-refractivity contribution in [1.82, 2.24) is 15.1 Å². The molecule has 1 rings (SSSR count). The van der Waals surface area contributed by atoms with Gasteiger partial charge in [0.1, 0.15) is 5.82 Å². The number of urea groups is 1. The van der Waals surface area contributed by atoms with Crippen LogP contribution in [0.1, 0.15) is 26.8 Å². The fourth-order valence-corrected chi connectivity index (χ4v) is 1.25. The predicted molar refractivity (Wildman–Crippen MR) is 61.3 cm³/mol. The van der Waals surface area contributed by atoms with Crippen LogP contribution in [0.4, 0.5) is 10.6 Å². The number of aromatic nitrogens is 2. The summed E-state index contributed by atoms with van der Waals surface area (Å²) in [5.74, 6) is 0.637. The molecule has 1 aromatic rings. The summed E-state index contributed by atoms with van der Waals surface area (Å²) in [5, 5.41) is 18.2. The molecule has 0 spiro atoms. The van der Waals surface area contributed by atoms with Crippen molar-refractivity contribution in [2.24, 2.45) is 0 Å². The van der Waals surface area contributed by atoms with Gasteiger partial charge in [0.15, 0.2) is 0 Å². The quantitative estimate of drug-likeness (QED) is 0.715. The Morgan fingerprint density at radius 2 is 2.25 bits per heavy atom. The van der Waals surface area contributed by atoms with Crippen LogP contribution in [-0.2, 0) is 0 Å². The van der Waals surface area contributed by atoms with Crippen molar-refractivity contribution in [3.63, 3.8) is 0 Å². The molecule has 0 aliphatic rings. The van der Waals surface area contributed by atoms with E-state index in [2.05, 4.69) is 15.7 Å². The van der Waals surface area contributed by atoms with Gasteiger partial charge in [0, 0.05) is 12.1 Å². The topological polar surface area (TPSA) is 79.2 Å². The Bertz CT molecular complexity index is 348. The number of aliphatic hydroxyl groups excluding tert-OH is 1. The molecule has 6 heteroatoms. The molecule has 6 nitrogen and oxygen atoms in total. The van der Waals surface area contributed by atoms with Crippen molar-refractivity contribution in [2.45, 2.75) is 32.9 Å². The molecule has 0 bridgehead atoms. The molecule has 0 fully saturated rings. The molecule has 1 atom stereocenters. The van der Waals surface area contributed by atoms with Crippen molar-refractivity contribution in [2.75, 3.05) is 11.9 Å². The van der Waals surface area contributed by atoms with Crippen molar-refractivity contribution in [3.8, 4) is 0 Å². The van der Waals surface area contributed by atoms with E-state index >= 15 is 0 Å². The van der Waals surface area contributed by atoms with E-state index in [-0.39, 0.29) is 24.7 Å². The minimum atomic E-state index is -0.344. The molecule has 0 radical (unpaired) electrons. The number of rotatable bonds is 4. The second-order valence-corrected chi connectivity index (χ2v) is 3.94. The first-order valence-corrected chi connectivity index (χ1v) is 5.26. The maximum absolute atomic E-state index is 11.5. The second-order valence-electron chi connectivity index (χ2n) is 3.94. The zero-order valence-corrected chi connectivity index (χ0v) is 9.77. The van der Waals surface area contributed by atoms with Gasteiger partial charge >= 0.3 is 6.03 Å². The highest BCUT2D eigenvalue weighted by molar-refractivity contribution is 5.88. The molecular formula is C10H18N4O2. The van der Waals surface area contributed by atoms with Crippen molar-refractivity contribution < 1.29 is 9.90 Å². The highest BCUT2D eigenvalue weighted by Crippen LogP contribution is 2.12. The Morgan fingerprint density at radius 1 is 1.56 bits per heavy atom. The van der Waals surface area contributed by atoms with E-state index in [4.69, 9.17) is 5.11 Å². The fourth-order valence-electron chi connectivity index (χ4n) is 1.25. The van der Waals surface area contributed by atoms with E-state index < -0.39 is 0 Å². The Kier molecular flexibility index (Phi) is 4.30. The lowest BCUT2D eigenvalue weighted by Crippen LogP contribution is -2.38. The van der Waals surface area contributed by atoms with Crippen LogP contribution >= 0.6 is 0 Å². The van der Waals surface area contributed by atoms with Crippen LogP contribution in [-0.4, -0.2) is 33.6 Å². The standard InChI is InChI=1S/C10H18N4O2/c1-7(2)14-9(4-5-11-14)13-10(16)12-8(3)6-15/h4-5,7-8,15H,6H2,1-3H3,(H2,12,13,16). The van der Waals surface area contributed by atoms with E-state index in [0.29, 0.717) is 5.82 Å². The van der Waals surface area contributed by atoms with Crippen molar-refractivity contribution >= 4 is 11.8 Å². The van der Waals surface area contributed by atoms with E-state index in [1.807, 2.05) is 13.8 Å². The van der Waals surface area contributed by atoms with Crippen LogP contribution in [0.3, 0.4) is 0 Å². The molecule has 2 amide bonds. The van der Waals surface area contributed by atoms with Gasteiger partial charge in [-0.3, -0.25) is 5.32 Å². The van der Waals surface area contributed by atoms with E-state index in [9.17, 15) is 4.79 Å². The number of hydrogen-bond acceptors (Lipinski definition) is 3. The van der Waals surface area contributed by atoms with Gasteiger partial charge in [0.25, 0.3) is 0 Å².